The van der Waals surface area contributed by atoms with Crippen molar-refractivity contribution in [1.29, 1.82) is 0 Å². The molecule has 3 aromatic carbocycles. The minimum atomic E-state index is -0.394. The molecule has 0 aliphatic carbocycles. The first kappa shape index (κ1) is 21.8. The lowest BCUT2D eigenvalue weighted by Gasteiger charge is -2.29. The van der Waals surface area contributed by atoms with E-state index < -0.39 is 5.82 Å². The van der Waals surface area contributed by atoms with E-state index in [2.05, 4.69) is 16.9 Å². The monoisotopic (exact) mass is 473 g/mol. The van der Waals surface area contributed by atoms with Crippen molar-refractivity contribution < 1.29 is 13.5 Å². The highest BCUT2D eigenvalue weighted by Crippen LogP contribution is 2.39. The van der Waals surface area contributed by atoms with Crippen LogP contribution >= 0.6 is 0 Å². The number of halogens is 2. The predicted octanol–water partition coefficient (Wildman–Crippen LogP) is 5.36. The number of likely N-dealkylation sites (tertiary alicyclic amines) is 1. The molecule has 1 N–H and O–H groups in total. The van der Waals surface area contributed by atoms with E-state index in [9.17, 15) is 13.6 Å². The van der Waals surface area contributed by atoms with Crippen LogP contribution in [0.4, 0.5) is 8.78 Å². The van der Waals surface area contributed by atoms with Crippen LogP contribution in [0.3, 0.4) is 0 Å². The van der Waals surface area contributed by atoms with E-state index in [0.717, 1.165) is 59.2 Å². The zero-order valence-electron chi connectivity index (χ0n) is 19.4. The van der Waals surface area contributed by atoms with Crippen molar-refractivity contribution >= 4 is 22.7 Å². The van der Waals surface area contributed by atoms with Gasteiger partial charge in [-0.1, -0.05) is 12.1 Å². The number of nitrogens with one attached hydrogen (secondary N) is 1. The van der Waals surface area contributed by atoms with Crippen LogP contribution in [0.1, 0.15) is 41.1 Å². The second-order valence-electron chi connectivity index (χ2n) is 9.40. The molecule has 7 heteroatoms. The van der Waals surface area contributed by atoms with Gasteiger partial charge < -0.3 is 14.6 Å². The number of H-pyrrole nitrogens is 1. The zero-order valence-corrected chi connectivity index (χ0v) is 19.4. The Morgan fingerprint density at radius 2 is 1.71 bits per heavy atom. The summed E-state index contributed by atoms with van der Waals surface area (Å²) in [6, 6.07) is 15.1. The fourth-order valence-corrected chi connectivity index (χ4v) is 5.26. The Labute approximate surface area is 201 Å². The number of hydrogen-bond donors (Lipinski definition) is 1. The first-order valence-electron chi connectivity index (χ1n) is 11.8. The Balaban J connectivity index is 1.47. The Morgan fingerprint density at radius 1 is 0.971 bits per heavy atom. The summed E-state index contributed by atoms with van der Waals surface area (Å²) in [4.78, 5) is 18.1. The Hall–Kier alpha value is -3.71. The third-order valence-corrected chi connectivity index (χ3v) is 7.08. The number of imidazole rings is 1. The van der Waals surface area contributed by atoms with Gasteiger partial charge in [-0.3, -0.25) is 4.57 Å². The minimum Gasteiger partial charge on any atom is -0.488 e. The molecule has 0 atom stereocenters. The quantitative estimate of drug-likeness (QED) is 0.427. The molecular weight excluding hydrogens is 448 g/mol. The van der Waals surface area contributed by atoms with Gasteiger partial charge in [-0.05, 0) is 92.2 Å². The van der Waals surface area contributed by atoms with E-state index in [-0.39, 0.29) is 24.2 Å². The number of fused-ring (bicyclic) bond motifs is 3. The predicted molar refractivity (Wildman–Crippen MR) is 132 cm³/mol. The van der Waals surface area contributed by atoms with Gasteiger partial charge in [0.05, 0.1) is 11.0 Å². The average Bonchev–Trinajstić information content (AvgIpc) is 3.09. The van der Waals surface area contributed by atoms with E-state index in [1.165, 1.54) is 24.3 Å². The Morgan fingerprint density at radius 3 is 2.51 bits per heavy atom. The van der Waals surface area contributed by atoms with Crippen LogP contribution in [0, 0.1) is 11.6 Å². The highest BCUT2D eigenvalue weighted by atomic mass is 19.1. The molecule has 0 amide bonds. The summed E-state index contributed by atoms with van der Waals surface area (Å²) in [5, 5.41) is 0. The summed E-state index contributed by atoms with van der Waals surface area (Å²) in [7, 11) is 2.10. The molecule has 0 unspecified atom stereocenters. The summed E-state index contributed by atoms with van der Waals surface area (Å²) in [6.45, 7) is 2.08. The van der Waals surface area contributed by atoms with Crippen LogP contribution in [0.15, 0.2) is 59.4 Å². The maximum atomic E-state index is 14.0. The van der Waals surface area contributed by atoms with E-state index in [1.54, 1.807) is 12.1 Å². The van der Waals surface area contributed by atoms with Crippen LogP contribution in [0.2, 0.25) is 0 Å². The SMILES string of the molecule is CN1CCC(n2c(=O)[nH]c3cc(/C=C4\c5ccc(F)cc5COc5cc(F)ccc54)ccc32)CC1. The van der Waals surface area contributed by atoms with Crippen molar-refractivity contribution in [1.82, 2.24) is 14.5 Å². The van der Waals surface area contributed by atoms with Crippen LogP contribution in [-0.2, 0) is 6.61 Å². The van der Waals surface area contributed by atoms with Crippen molar-refractivity contribution in [2.24, 2.45) is 0 Å². The van der Waals surface area contributed by atoms with Crippen LogP contribution < -0.4 is 10.4 Å². The smallest absolute Gasteiger partial charge is 0.326 e. The third kappa shape index (κ3) is 3.96. The van der Waals surface area contributed by atoms with Gasteiger partial charge in [0, 0.05) is 23.2 Å². The molecule has 2 aliphatic rings. The first-order valence-corrected chi connectivity index (χ1v) is 11.8. The number of aromatic amines is 1. The lowest BCUT2D eigenvalue weighted by atomic mass is 9.92. The fraction of sp³-hybridized carbons (Fsp3) is 0.250. The van der Waals surface area contributed by atoms with E-state index in [1.807, 2.05) is 28.8 Å². The molecule has 35 heavy (non-hydrogen) atoms. The highest BCUT2D eigenvalue weighted by molar-refractivity contribution is 5.95. The fourth-order valence-electron chi connectivity index (χ4n) is 5.26. The largest absolute Gasteiger partial charge is 0.488 e. The zero-order chi connectivity index (χ0) is 24.1. The molecule has 178 valence electrons. The topological polar surface area (TPSA) is 50.3 Å². The van der Waals surface area contributed by atoms with Gasteiger partial charge in [0.25, 0.3) is 0 Å². The Kier molecular flexibility index (Phi) is 5.29. The van der Waals surface area contributed by atoms with Crippen molar-refractivity contribution in [3.63, 3.8) is 0 Å². The second-order valence-corrected chi connectivity index (χ2v) is 9.40. The Bertz CT molecular complexity index is 1470. The summed E-state index contributed by atoms with van der Waals surface area (Å²) in [6.07, 6.45) is 3.86. The molecule has 1 fully saturated rings. The first-order chi connectivity index (χ1) is 17.0. The summed E-state index contributed by atoms with van der Waals surface area (Å²) >= 11 is 0. The summed E-state index contributed by atoms with van der Waals surface area (Å²) < 4.78 is 35.7. The number of rotatable bonds is 2. The van der Waals surface area contributed by atoms with Gasteiger partial charge in [0.1, 0.15) is 24.0 Å². The van der Waals surface area contributed by atoms with Crippen LogP contribution in [-0.4, -0.2) is 34.6 Å². The number of ether oxygens (including phenoxy) is 1. The van der Waals surface area contributed by atoms with Gasteiger partial charge in [-0.25, -0.2) is 13.6 Å². The average molecular weight is 474 g/mol. The summed E-state index contributed by atoms with van der Waals surface area (Å²) in [5.74, 6) is -0.330. The molecule has 0 saturated carbocycles. The maximum absolute atomic E-state index is 14.0. The van der Waals surface area contributed by atoms with Gasteiger partial charge >= 0.3 is 5.69 Å². The lowest BCUT2D eigenvalue weighted by molar-refractivity contribution is 0.221. The van der Waals surface area contributed by atoms with Crippen molar-refractivity contribution in [3.8, 4) is 5.75 Å². The van der Waals surface area contributed by atoms with Crippen LogP contribution in [0.25, 0.3) is 22.7 Å². The van der Waals surface area contributed by atoms with E-state index >= 15 is 0 Å². The van der Waals surface area contributed by atoms with Crippen molar-refractivity contribution in [2.75, 3.05) is 20.1 Å². The molecule has 4 aromatic rings. The molecule has 0 spiro atoms. The normalized spacial score (nSPS) is 17.7. The molecular formula is C28H25F2N3O2. The standard InChI is InChI=1S/C28H25F2N3O2/c1-32-10-8-21(9-11-32)33-26-7-2-17(13-25(26)31-28(33)34)12-24-22-5-3-19(29)14-18(22)16-35-27-15-20(30)4-6-23(24)27/h2-7,12-15,21H,8-11,16H2,1H3,(H,31,34)/b24-12+. The van der Waals surface area contributed by atoms with Gasteiger partial charge in [-0.15, -0.1) is 0 Å². The van der Waals surface area contributed by atoms with E-state index in [4.69, 9.17) is 4.74 Å². The van der Waals surface area contributed by atoms with Gasteiger partial charge in [-0.2, -0.15) is 0 Å². The van der Waals surface area contributed by atoms with Crippen molar-refractivity contribution in [3.05, 3.63) is 99.0 Å². The molecule has 1 aromatic heterocycles. The van der Waals surface area contributed by atoms with Crippen molar-refractivity contribution in [2.45, 2.75) is 25.5 Å². The summed E-state index contributed by atoms with van der Waals surface area (Å²) in [5.41, 5.74) is 5.50. The number of aromatic nitrogens is 2. The molecule has 6 rings (SSSR count). The van der Waals surface area contributed by atoms with E-state index in [0.29, 0.717) is 11.3 Å². The molecule has 0 radical (unpaired) electrons. The number of piperidine rings is 1. The van der Waals surface area contributed by atoms with Gasteiger partial charge in [0.15, 0.2) is 0 Å². The van der Waals surface area contributed by atoms with Gasteiger partial charge in [0.2, 0.25) is 0 Å². The molecule has 5 nitrogen and oxygen atoms in total. The highest BCUT2D eigenvalue weighted by Gasteiger charge is 2.23. The minimum absolute atomic E-state index is 0.0936. The number of nitrogens with zero attached hydrogens (tertiary/aromatic N) is 2. The molecule has 0 bridgehead atoms. The number of hydrogen-bond acceptors (Lipinski definition) is 3. The second kappa shape index (κ2) is 8.50. The third-order valence-electron chi connectivity index (χ3n) is 7.08. The molecule has 2 aliphatic heterocycles. The number of benzene rings is 3. The molecule has 1 saturated heterocycles. The van der Waals surface area contributed by atoms with Crippen LogP contribution in [0.5, 0.6) is 5.75 Å². The maximum Gasteiger partial charge on any atom is 0.326 e. The lowest BCUT2D eigenvalue weighted by Crippen LogP contribution is -2.34. The molecule has 3 heterocycles.